The number of aromatic nitrogens is 2. The van der Waals surface area contributed by atoms with Gasteiger partial charge in [-0.3, -0.25) is 0 Å². The zero-order valence-electron chi connectivity index (χ0n) is 11.2. The van der Waals surface area contributed by atoms with Crippen molar-refractivity contribution >= 4 is 28.3 Å². The van der Waals surface area contributed by atoms with Crippen LogP contribution in [0.1, 0.15) is 18.9 Å². The second-order valence-electron chi connectivity index (χ2n) is 5.41. The Balaban J connectivity index is 1.99. The van der Waals surface area contributed by atoms with Crippen molar-refractivity contribution in [1.82, 2.24) is 9.55 Å². The Bertz CT molecular complexity index is 852. The van der Waals surface area contributed by atoms with Gasteiger partial charge in [0.05, 0.1) is 21.7 Å². The lowest BCUT2D eigenvalue weighted by atomic mass is 10.2. The predicted octanol–water partition coefficient (Wildman–Crippen LogP) is 4.41. The van der Waals surface area contributed by atoms with Crippen molar-refractivity contribution in [3.05, 3.63) is 47.2 Å². The topological polar surface area (TPSA) is 43.8 Å². The zero-order valence-corrected chi connectivity index (χ0v) is 11.9. The lowest BCUT2D eigenvalue weighted by Gasteiger charge is -2.09. The molecule has 5 heteroatoms. The fraction of sp³-hybridized carbons (Fsp3) is 0.188. The minimum Gasteiger partial charge on any atom is -0.398 e. The number of anilines is 1. The third-order valence-corrected chi connectivity index (χ3v) is 4.16. The molecule has 2 aromatic carbocycles. The van der Waals surface area contributed by atoms with Crippen LogP contribution >= 0.6 is 11.6 Å². The summed E-state index contributed by atoms with van der Waals surface area (Å²) in [6.45, 7) is 0. The molecule has 1 heterocycles. The Labute approximate surface area is 126 Å². The van der Waals surface area contributed by atoms with Crippen LogP contribution < -0.4 is 5.73 Å². The number of rotatable bonds is 2. The molecule has 1 aromatic heterocycles. The van der Waals surface area contributed by atoms with E-state index < -0.39 is 0 Å². The highest BCUT2D eigenvalue weighted by Gasteiger charge is 2.29. The molecule has 1 aliphatic rings. The maximum absolute atomic E-state index is 13.6. The molecule has 0 unspecified atom stereocenters. The summed E-state index contributed by atoms with van der Waals surface area (Å²) in [5.74, 6) is 0.577. The smallest absolute Gasteiger partial charge is 0.141 e. The first-order valence-electron chi connectivity index (χ1n) is 6.86. The average Bonchev–Trinajstić information content (AvgIpc) is 3.23. The van der Waals surface area contributed by atoms with Crippen molar-refractivity contribution in [1.29, 1.82) is 0 Å². The van der Waals surface area contributed by atoms with Crippen molar-refractivity contribution in [2.45, 2.75) is 18.9 Å². The molecule has 0 spiro atoms. The van der Waals surface area contributed by atoms with E-state index in [1.807, 2.05) is 12.1 Å². The number of nitrogens with two attached hydrogens (primary N) is 1. The largest absolute Gasteiger partial charge is 0.398 e. The second kappa shape index (κ2) is 4.46. The van der Waals surface area contributed by atoms with Crippen LogP contribution in [-0.4, -0.2) is 9.55 Å². The summed E-state index contributed by atoms with van der Waals surface area (Å²) < 4.78 is 15.7. The molecule has 0 bridgehead atoms. The normalized spacial score (nSPS) is 14.8. The Hall–Kier alpha value is -2.07. The Morgan fingerprint density at radius 2 is 2.00 bits per heavy atom. The number of halogens is 2. The van der Waals surface area contributed by atoms with E-state index in [-0.39, 0.29) is 5.82 Å². The molecule has 0 saturated heterocycles. The summed E-state index contributed by atoms with van der Waals surface area (Å²) in [5.41, 5.74) is 8.95. The second-order valence-corrected chi connectivity index (χ2v) is 5.81. The maximum atomic E-state index is 13.6. The number of nitrogen functional groups attached to an aromatic ring is 1. The van der Waals surface area contributed by atoms with E-state index in [1.165, 1.54) is 6.07 Å². The van der Waals surface area contributed by atoms with Gasteiger partial charge < -0.3 is 10.3 Å². The van der Waals surface area contributed by atoms with Crippen molar-refractivity contribution < 1.29 is 4.39 Å². The van der Waals surface area contributed by atoms with Gasteiger partial charge in [0, 0.05) is 11.6 Å². The molecule has 0 amide bonds. The van der Waals surface area contributed by atoms with Crippen LogP contribution in [0.2, 0.25) is 5.02 Å². The van der Waals surface area contributed by atoms with E-state index in [9.17, 15) is 4.39 Å². The number of nitrogens with zero attached hydrogens (tertiary/aromatic N) is 2. The van der Waals surface area contributed by atoms with Gasteiger partial charge in [0.15, 0.2) is 0 Å². The number of fused-ring (bicyclic) bond motifs is 1. The molecule has 1 aliphatic carbocycles. The van der Waals surface area contributed by atoms with Crippen LogP contribution in [0.3, 0.4) is 0 Å². The monoisotopic (exact) mass is 301 g/mol. The van der Waals surface area contributed by atoms with Crippen molar-refractivity contribution in [2.24, 2.45) is 0 Å². The highest BCUT2D eigenvalue weighted by Crippen LogP contribution is 2.41. The summed E-state index contributed by atoms with van der Waals surface area (Å²) in [7, 11) is 0. The fourth-order valence-electron chi connectivity index (χ4n) is 2.65. The lowest BCUT2D eigenvalue weighted by Crippen LogP contribution is -1.98. The van der Waals surface area contributed by atoms with Crippen LogP contribution in [0, 0.1) is 5.82 Å². The van der Waals surface area contributed by atoms with Crippen LogP contribution in [0.25, 0.3) is 22.4 Å². The molecular weight excluding hydrogens is 289 g/mol. The van der Waals surface area contributed by atoms with Gasteiger partial charge in [-0.25, -0.2) is 9.37 Å². The van der Waals surface area contributed by atoms with Gasteiger partial charge in [0.25, 0.3) is 0 Å². The van der Waals surface area contributed by atoms with E-state index in [4.69, 9.17) is 17.3 Å². The Morgan fingerprint density at radius 3 is 2.71 bits per heavy atom. The third kappa shape index (κ3) is 2.07. The van der Waals surface area contributed by atoms with Crippen LogP contribution in [0.4, 0.5) is 10.1 Å². The average molecular weight is 302 g/mol. The fourth-order valence-corrected chi connectivity index (χ4v) is 2.77. The third-order valence-electron chi connectivity index (χ3n) is 3.82. The first-order chi connectivity index (χ1) is 10.1. The molecule has 1 saturated carbocycles. The Morgan fingerprint density at radius 1 is 1.19 bits per heavy atom. The highest BCUT2D eigenvalue weighted by molar-refractivity contribution is 6.33. The molecule has 4 rings (SSSR count). The number of hydrogen-bond acceptors (Lipinski definition) is 2. The van der Waals surface area contributed by atoms with Gasteiger partial charge in [-0.05, 0) is 49.2 Å². The molecule has 0 radical (unpaired) electrons. The molecular formula is C16H13ClFN3. The predicted molar refractivity (Wildman–Crippen MR) is 82.8 cm³/mol. The van der Waals surface area contributed by atoms with Crippen molar-refractivity contribution in [2.75, 3.05) is 5.73 Å². The lowest BCUT2D eigenvalue weighted by molar-refractivity contribution is 0.628. The van der Waals surface area contributed by atoms with Gasteiger partial charge in [-0.1, -0.05) is 11.6 Å². The quantitative estimate of drug-likeness (QED) is 0.712. The van der Waals surface area contributed by atoms with E-state index in [2.05, 4.69) is 9.55 Å². The molecule has 106 valence electrons. The van der Waals surface area contributed by atoms with E-state index in [1.54, 1.807) is 18.2 Å². The summed E-state index contributed by atoms with van der Waals surface area (Å²) in [6.07, 6.45) is 2.19. The summed E-state index contributed by atoms with van der Waals surface area (Å²) in [4.78, 5) is 4.65. The molecule has 3 nitrogen and oxygen atoms in total. The minimum atomic E-state index is -0.244. The van der Waals surface area contributed by atoms with Gasteiger partial charge in [0.2, 0.25) is 0 Å². The number of hydrogen-bond donors (Lipinski definition) is 1. The van der Waals surface area contributed by atoms with Crippen LogP contribution in [0.5, 0.6) is 0 Å². The highest BCUT2D eigenvalue weighted by atomic mass is 35.5. The van der Waals surface area contributed by atoms with Gasteiger partial charge in [-0.15, -0.1) is 0 Å². The van der Waals surface area contributed by atoms with Crippen LogP contribution in [0.15, 0.2) is 36.4 Å². The van der Waals surface area contributed by atoms with Crippen LogP contribution in [-0.2, 0) is 0 Å². The molecule has 21 heavy (non-hydrogen) atoms. The summed E-state index contributed by atoms with van der Waals surface area (Å²) in [5, 5.41) is 0.527. The first kappa shape index (κ1) is 12.7. The molecule has 0 atom stereocenters. The van der Waals surface area contributed by atoms with Gasteiger partial charge >= 0.3 is 0 Å². The van der Waals surface area contributed by atoms with Crippen molar-refractivity contribution in [3.63, 3.8) is 0 Å². The SMILES string of the molecule is Nc1cc(-c2nc3ccc(F)cc3n2C2CC2)ccc1Cl. The number of benzene rings is 2. The molecule has 2 N–H and O–H groups in total. The standard InChI is InChI=1S/C16H13ClFN3/c17-12-5-1-9(7-13(12)19)16-20-14-6-2-10(18)8-15(14)21(16)11-3-4-11/h1-2,5-8,11H,3-4,19H2. The molecule has 3 aromatic rings. The summed E-state index contributed by atoms with van der Waals surface area (Å²) in [6, 6.07) is 10.6. The molecule has 0 aliphatic heterocycles. The van der Waals surface area contributed by atoms with E-state index in [0.29, 0.717) is 16.8 Å². The Kier molecular flexibility index (Phi) is 2.69. The minimum absolute atomic E-state index is 0.244. The number of imidazole rings is 1. The first-order valence-corrected chi connectivity index (χ1v) is 7.24. The van der Waals surface area contributed by atoms with Gasteiger partial charge in [0.1, 0.15) is 11.6 Å². The van der Waals surface area contributed by atoms with Crippen molar-refractivity contribution in [3.8, 4) is 11.4 Å². The molecule has 1 fully saturated rings. The van der Waals surface area contributed by atoms with Gasteiger partial charge in [-0.2, -0.15) is 0 Å². The van der Waals surface area contributed by atoms with E-state index >= 15 is 0 Å². The summed E-state index contributed by atoms with van der Waals surface area (Å²) >= 11 is 5.98. The zero-order chi connectivity index (χ0) is 14.6. The van der Waals surface area contributed by atoms with E-state index in [0.717, 1.165) is 35.3 Å². The maximum Gasteiger partial charge on any atom is 0.141 e.